The van der Waals surface area contributed by atoms with Crippen LogP contribution in [0.15, 0.2) is 47.4 Å². The van der Waals surface area contributed by atoms with Gasteiger partial charge in [-0.1, -0.05) is 43.6 Å². The van der Waals surface area contributed by atoms with Crippen molar-refractivity contribution >= 4 is 23.5 Å². The molecule has 1 aliphatic heterocycles. The van der Waals surface area contributed by atoms with Crippen LogP contribution in [0.2, 0.25) is 5.02 Å². The number of carboxylic acid groups (broad SMARTS) is 1. The number of aryl methyl sites for hydroxylation is 2. The number of amides is 1. The van der Waals surface area contributed by atoms with Crippen LogP contribution in [0.1, 0.15) is 73.0 Å². The molecular formula is C34H38ClF4N3O4. The van der Waals surface area contributed by atoms with Crippen LogP contribution < -0.4 is 10.9 Å². The zero-order valence-electron chi connectivity index (χ0n) is 26.2. The largest absolute Gasteiger partial charge is 0.481 e. The van der Waals surface area contributed by atoms with Gasteiger partial charge in [-0.2, -0.15) is 13.2 Å². The second-order valence-corrected chi connectivity index (χ2v) is 12.7. The fraction of sp³-hybridized carbons (Fsp3) is 0.441. The Balaban J connectivity index is 1.77. The Hall–Kier alpha value is -3.70. The number of aromatic nitrogens is 1. The van der Waals surface area contributed by atoms with Gasteiger partial charge in [0, 0.05) is 24.4 Å². The fourth-order valence-corrected chi connectivity index (χ4v) is 6.16. The molecule has 248 valence electrons. The maximum Gasteiger partial charge on any atom is 0.416 e. The number of alkyl halides is 3. The Morgan fingerprint density at radius 2 is 1.74 bits per heavy atom. The minimum absolute atomic E-state index is 0.0155. The number of rotatable bonds is 12. The topological polar surface area (TPSA) is 91.6 Å². The second-order valence-electron chi connectivity index (χ2n) is 12.3. The number of aliphatic carboxylic acids is 1. The van der Waals surface area contributed by atoms with Crippen molar-refractivity contribution in [1.29, 1.82) is 0 Å². The molecular weight excluding hydrogens is 626 g/mol. The maximum atomic E-state index is 15.6. The normalized spacial score (nSPS) is 15.0. The number of nitrogens with one attached hydrogen (secondary N) is 1. The number of nitrogens with zero attached hydrogens (tertiary/aromatic N) is 2. The molecule has 2 N–H and O–H groups in total. The molecule has 2 heterocycles. The van der Waals surface area contributed by atoms with Crippen molar-refractivity contribution in [2.24, 2.45) is 5.92 Å². The van der Waals surface area contributed by atoms with Crippen LogP contribution in [-0.4, -0.2) is 46.1 Å². The lowest BCUT2D eigenvalue weighted by atomic mass is 9.92. The Bertz CT molecular complexity index is 1650. The molecule has 0 spiro atoms. The highest BCUT2D eigenvalue weighted by molar-refractivity contribution is 6.31. The molecule has 12 heteroatoms. The van der Waals surface area contributed by atoms with Gasteiger partial charge in [-0.25, -0.2) is 4.39 Å². The van der Waals surface area contributed by atoms with Crippen LogP contribution in [0.4, 0.5) is 17.6 Å². The second kappa shape index (κ2) is 14.4. The highest BCUT2D eigenvalue weighted by atomic mass is 35.5. The van der Waals surface area contributed by atoms with Crippen molar-refractivity contribution in [3.63, 3.8) is 0 Å². The molecule has 0 radical (unpaired) electrons. The van der Waals surface area contributed by atoms with E-state index in [1.165, 1.54) is 12.1 Å². The van der Waals surface area contributed by atoms with Gasteiger partial charge in [-0.05, 0) is 92.1 Å². The van der Waals surface area contributed by atoms with E-state index in [-0.39, 0.29) is 34.9 Å². The number of hydrogen-bond donors (Lipinski definition) is 2. The quantitative estimate of drug-likeness (QED) is 0.202. The lowest BCUT2D eigenvalue weighted by Gasteiger charge is -2.31. The number of pyridine rings is 1. The predicted octanol–water partition coefficient (Wildman–Crippen LogP) is 7.11. The molecule has 1 unspecified atom stereocenters. The van der Waals surface area contributed by atoms with Crippen LogP contribution in [0.25, 0.3) is 11.1 Å². The van der Waals surface area contributed by atoms with Crippen molar-refractivity contribution < 1.29 is 32.3 Å². The lowest BCUT2D eigenvalue weighted by Crippen LogP contribution is -2.41. The van der Waals surface area contributed by atoms with E-state index in [1.807, 2.05) is 36.9 Å². The number of hydrogen-bond acceptors (Lipinski definition) is 4. The molecule has 3 aromatic rings. The number of carbonyl (C=O) groups excluding carboxylic acids is 1. The number of benzene rings is 2. The van der Waals surface area contributed by atoms with Crippen molar-refractivity contribution in [3.8, 4) is 11.1 Å². The van der Waals surface area contributed by atoms with Gasteiger partial charge in [-0.3, -0.25) is 14.4 Å². The minimum atomic E-state index is -4.78. The summed E-state index contributed by atoms with van der Waals surface area (Å²) in [7, 11) is 0. The first-order chi connectivity index (χ1) is 21.6. The van der Waals surface area contributed by atoms with E-state index < -0.39 is 53.5 Å². The van der Waals surface area contributed by atoms with Gasteiger partial charge in [0.2, 0.25) is 5.91 Å². The van der Waals surface area contributed by atoms with E-state index in [0.29, 0.717) is 18.2 Å². The zero-order chi connectivity index (χ0) is 33.9. The van der Waals surface area contributed by atoms with E-state index in [2.05, 4.69) is 5.32 Å². The number of carboxylic acids is 1. The Labute approximate surface area is 270 Å². The molecule has 1 saturated heterocycles. The van der Waals surface area contributed by atoms with Crippen molar-refractivity contribution in [2.75, 3.05) is 19.6 Å². The summed E-state index contributed by atoms with van der Waals surface area (Å²) in [5.74, 6) is -3.27. The average Bonchev–Trinajstić information content (AvgIpc) is 2.92. The lowest BCUT2D eigenvalue weighted by molar-refractivity contribution is -0.139. The first kappa shape index (κ1) is 35.2. The zero-order valence-corrected chi connectivity index (χ0v) is 26.9. The van der Waals surface area contributed by atoms with E-state index in [1.54, 1.807) is 13.8 Å². The maximum absolute atomic E-state index is 15.6. The fourth-order valence-electron chi connectivity index (χ4n) is 5.94. The summed E-state index contributed by atoms with van der Waals surface area (Å²) in [5, 5.41) is 12.1. The number of carbonyl (C=O) groups is 2. The van der Waals surface area contributed by atoms with Gasteiger partial charge in [-0.15, -0.1) is 0 Å². The van der Waals surface area contributed by atoms with Gasteiger partial charge in [0.1, 0.15) is 11.9 Å². The van der Waals surface area contributed by atoms with Crippen LogP contribution in [0.3, 0.4) is 0 Å². The monoisotopic (exact) mass is 663 g/mol. The summed E-state index contributed by atoms with van der Waals surface area (Å²) in [6, 6.07) is 6.28. The molecule has 1 aliphatic rings. The van der Waals surface area contributed by atoms with Crippen molar-refractivity contribution in [2.45, 2.75) is 71.6 Å². The third-order valence-electron chi connectivity index (χ3n) is 8.34. The van der Waals surface area contributed by atoms with Crippen LogP contribution >= 0.6 is 11.6 Å². The van der Waals surface area contributed by atoms with Gasteiger partial charge < -0.3 is 19.9 Å². The summed E-state index contributed by atoms with van der Waals surface area (Å²) >= 11 is 6.30. The third-order valence-corrected chi connectivity index (χ3v) is 8.62. The molecule has 7 nitrogen and oxygen atoms in total. The van der Waals surface area contributed by atoms with Crippen molar-refractivity contribution in [3.05, 3.63) is 91.6 Å². The molecule has 1 aromatic heterocycles. The SMILES string of the molecule is Cc1cccc(C)c1-c1cc(Cl)c(F)c([C@H](CC(=O)O)NC(=O)C(CC(C)C)n2cc(CCN3CCC3)c(C(F)(F)F)cc2=O)c1. The van der Waals surface area contributed by atoms with Gasteiger partial charge in [0.05, 0.1) is 23.0 Å². The van der Waals surface area contributed by atoms with E-state index in [0.717, 1.165) is 47.0 Å². The van der Waals surface area contributed by atoms with Crippen LogP contribution in [0.5, 0.6) is 0 Å². The van der Waals surface area contributed by atoms with Crippen molar-refractivity contribution in [1.82, 2.24) is 14.8 Å². The van der Waals surface area contributed by atoms with Crippen LogP contribution in [-0.2, 0) is 22.2 Å². The molecule has 1 fully saturated rings. The minimum Gasteiger partial charge on any atom is -0.481 e. The summed E-state index contributed by atoms with van der Waals surface area (Å²) in [6.07, 6.45) is -3.38. The molecule has 0 bridgehead atoms. The highest BCUT2D eigenvalue weighted by Gasteiger charge is 2.36. The molecule has 46 heavy (non-hydrogen) atoms. The van der Waals surface area contributed by atoms with Gasteiger partial charge in [0.15, 0.2) is 0 Å². The smallest absolute Gasteiger partial charge is 0.416 e. The van der Waals surface area contributed by atoms with Crippen LogP contribution in [0, 0.1) is 25.6 Å². The summed E-state index contributed by atoms with van der Waals surface area (Å²) in [5.41, 5.74) is 0.661. The molecule has 0 saturated carbocycles. The summed E-state index contributed by atoms with van der Waals surface area (Å²) in [4.78, 5) is 41.0. The van der Waals surface area contributed by atoms with Gasteiger partial charge in [0.25, 0.3) is 5.56 Å². The molecule has 2 aromatic carbocycles. The standard InChI is InChI=1S/C34H38ClF4N3O4/c1-19(2)13-28(42-18-22(9-12-41-10-6-11-41)25(16-29(42)43)34(37,38)39)33(46)40-27(17-30(44)45)24-14-23(15-26(35)32(24)36)31-20(3)7-5-8-21(31)4/h5,7-8,14-16,18-19,27-28H,6,9-13,17H2,1-4H3,(H,40,46)(H,44,45)/t27-,28?/m0/s1. The summed E-state index contributed by atoms with van der Waals surface area (Å²) in [6.45, 7) is 9.20. The van der Waals surface area contributed by atoms with E-state index in [9.17, 15) is 32.7 Å². The molecule has 1 amide bonds. The van der Waals surface area contributed by atoms with E-state index in [4.69, 9.17) is 11.6 Å². The Morgan fingerprint density at radius 1 is 1.09 bits per heavy atom. The molecule has 4 rings (SSSR count). The number of halogens is 5. The van der Waals surface area contributed by atoms with Gasteiger partial charge >= 0.3 is 12.1 Å². The molecule has 2 atom stereocenters. The number of likely N-dealkylation sites (tertiary alicyclic amines) is 1. The summed E-state index contributed by atoms with van der Waals surface area (Å²) < 4.78 is 58.5. The van der Waals surface area contributed by atoms with E-state index >= 15 is 4.39 Å². The highest BCUT2D eigenvalue weighted by Crippen LogP contribution is 2.36. The first-order valence-corrected chi connectivity index (χ1v) is 15.6. The third kappa shape index (κ3) is 8.17. The molecule has 0 aliphatic carbocycles. The predicted molar refractivity (Wildman–Crippen MR) is 168 cm³/mol. The Kier molecular flexibility index (Phi) is 11.0. The Morgan fingerprint density at radius 3 is 2.28 bits per heavy atom. The first-order valence-electron chi connectivity index (χ1n) is 15.2. The average molecular weight is 664 g/mol.